The number of oxazole rings is 1. The fraction of sp³-hybridized carbons (Fsp3) is 0.0370. The number of rotatable bonds is 5. The Kier molecular flexibility index (Phi) is 6.39. The van der Waals surface area contributed by atoms with Crippen molar-refractivity contribution in [2.24, 2.45) is 0 Å². The van der Waals surface area contributed by atoms with Gasteiger partial charge in [0.25, 0.3) is 0 Å². The number of anilines is 1. The second-order valence-electron chi connectivity index (χ2n) is 7.83. The normalized spacial score (nSPS) is 11.4. The number of hydrogen-bond donors (Lipinski definition) is 1. The van der Waals surface area contributed by atoms with Crippen LogP contribution in [-0.2, 0) is 4.79 Å². The molecule has 0 aliphatic rings. The largest absolute Gasteiger partial charge is 0.457 e. The van der Waals surface area contributed by atoms with E-state index in [-0.39, 0.29) is 5.91 Å². The Morgan fingerprint density at radius 3 is 2.60 bits per heavy atom. The zero-order chi connectivity index (χ0) is 24.5. The molecule has 0 aliphatic carbocycles. The molecule has 0 bridgehead atoms. The van der Waals surface area contributed by atoms with Crippen molar-refractivity contribution in [2.75, 3.05) is 5.32 Å². The molecule has 1 N–H and O–H groups in total. The lowest BCUT2D eigenvalue weighted by molar-refractivity contribution is -0.111. The number of nitrogens with one attached hydrogen (secondary N) is 1. The summed E-state index contributed by atoms with van der Waals surface area (Å²) in [5, 5.41) is 4.19. The van der Waals surface area contributed by atoms with Gasteiger partial charge in [0.1, 0.15) is 17.0 Å². The number of fused-ring (bicyclic) bond motifs is 1. The van der Waals surface area contributed by atoms with Gasteiger partial charge in [0.15, 0.2) is 5.58 Å². The molecule has 0 saturated heterocycles. The van der Waals surface area contributed by atoms with Crippen LogP contribution >= 0.6 is 34.8 Å². The molecule has 0 saturated carbocycles. The first-order valence-electron chi connectivity index (χ1n) is 10.6. The Labute approximate surface area is 215 Å². The summed E-state index contributed by atoms with van der Waals surface area (Å²) in [6, 6.07) is 19.7. The van der Waals surface area contributed by atoms with E-state index in [0.29, 0.717) is 54.9 Å². The van der Waals surface area contributed by atoms with Crippen LogP contribution in [0.3, 0.4) is 0 Å². The number of amides is 1. The highest BCUT2D eigenvalue weighted by molar-refractivity contribution is 6.36. The summed E-state index contributed by atoms with van der Waals surface area (Å²) in [5.41, 5.74) is 4.37. The Balaban J connectivity index is 1.32. The van der Waals surface area contributed by atoms with E-state index in [1.807, 2.05) is 25.1 Å². The summed E-state index contributed by atoms with van der Waals surface area (Å²) in [6.07, 6.45) is 2.92. The van der Waals surface area contributed by atoms with Crippen molar-refractivity contribution in [3.63, 3.8) is 0 Å². The minimum Gasteiger partial charge on any atom is -0.457 e. The molecule has 1 amide bonds. The number of halogens is 3. The van der Waals surface area contributed by atoms with Crippen LogP contribution in [0.25, 0.3) is 40.0 Å². The van der Waals surface area contributed by atoms with Crippen LogP contribution in [0.15, 0.2) is 81.6 Å². The lowest BCUT2D eigenvalue weighted by Crippen LogP contribution is -2.08. The Hall–Kier alpha value is -3.51. The first-order valence-corrected chi connectivity index (χ1v) is 11.7. The number of aromatic nitrogens is 1. The summed E-state index contributed by atoms with van der Waals surface area (Å²) in [4.78, 5) is 17.1. The van der Waals surface area contributed by atoms with Gasteiger partial charge in [0, 0.05) is 22.2 Å². The summed E-state index contributed by atoms with van der Waals surface area (Å²) < 4.78 is 11.7. The first-order chi connectivity index (χ1) is 16.9. The number of carbonyl (C=O) groups is 1. The number of benzene rings is 3. The van der Waals surface area contributed by atoms with Crippen LogP contribution in [0.2, 0.25) is 15.1 Å². The number of aryl methyl sites for hydroxylation is 1. The Bertz CT molecular complexity index is 1600. The van der Waals surface area contributed by atoms with Gasteiger partial charge in [-0.3, -0.25) is 4.79 Å². The third kappa shape index (κ3) is 5.13. The average Bonchev–Trinajstić information content (AvgIpc) is 3.46. The van der Waals surface area contributed by atoms with Crippen molar-refractivity contribution in [2.45, 2.75) is 6.92 Å². The second kappa shape index (κ2) is 9.62. The molecule has 0 radical (unpaired) electrons. The van der Waals surface area contributed by atoms with E-state index in [0.717, 1.165) is 11.1 Å². The second-order valence-corrected chi connectivity index (χ2v) is 9.08. The van der Waals surface area contributed by atoms with Gasteiger partial charge in [-0.1, -0.05) is 40.9 Å². The van der Waals surface area contributed by atoms with Crippen molar-refractivity contribution < 1.29 is 13.6 Å². The Morgan fingerprint density at radius 2 is 1.77 bits per heavy atom. The van der Waals surface area contributed by atoms with E-state index in [1.165, 1.54) is 6.08 Å². The molecule has 0 spiro atoms. The van der Waals surface area contributed by atoms with Crippen molar-refractivity contribution in [1.29, 1.82) is 0 Å². The third-order valence-electron chi connectivity index (χ3n) is 5.24. The van der Waals surface area contributed by atoms with Crippen molar-refractivity contribution in [1.82, 2.24) is 4.98 Å². The van der Waals surface area contributed by atoms with Crippen LogP contribution in [-0.4, -0.2) is 10.9 Å². The number of carbonyl (C=O) groups excluding carboxylic acids is 1. The Morgan fingerprint density at radius 1 is 0.914 bits per heavy atom. The van der Waals surface area contributed by atoms with Crippen molar-refractivity contribution >= 4 is 63.6 Å². The smallest absolute Gasteiger partial charge is 0.248 e. The molecule has 8 heteroatoms. The predicted molar refractivity (Wildman–Crippen MR) is 141 cm³/mol. The molecule has 5 rings (SSSR count). The van der Waals surface area contributed by atoms with E-state index >= 15 is 0 Å². The van der Waals surface area contributed by atoms with Gasteiger partial charge in [-0.2, -0.15) is 0 Å². The minimum absolute atomic E-state index is 0.375. The third-order valence-corrected chi connectivity index (χ3v) is 6.11. The fourth-order valence-corrected chi connectivity index (χ4v) is 4.18. The molecular formula is C27H17Cl3N2O3. The fourth-order valence-electron chi connectivity index (χ4n) is 3.52. The van der Waals surface area contributed by atoms with E-state index < -0.39 is 0 Å². The van der Waals surface area contributed by atoms with Gasteiger partial charge in [-0.25, -0.2) is 4.98 Å². The molecule has 0 atom stereocenters. The van der Waals surface area contributed by atoms with E-state index in [4.69, 9.17) is 43.6 Å². The maximum absolute atomic E-state index is 12.6. The van der Waals surface area contributed by atoms with Crippen LogP contribution < -0.4 is 5.32 Å². The van der Waals surface area contributed by atoms with Gasteiger partial charge in [-0.15, -0.1) is 0 Å². The monoisotopic (exact) mass is 522 g/mol. The van der Waals surface area contributed by atoms with Crippen molar-refractivity contribution in [3.8, 4) is 22.8 Å². The van der Waals surface area contributed by atoms with Crippen LogP contribution in [0.5, 0.6) is 0 Å². The van der Waals surface area contributed by atoms with Gasteiger partial charge in [-0.05, 0) is 79.2 Å². The molecule has 0 unspecified atom stereocenters. The van der Waals surface area contributed by atoms with Crippen LogP contribution in [0.4, 0.5) is 5.69 Å². The highest BCUT2D eigenvalue weighted by Crippen LogP contribution is 2.33. The highest BCUT2D eigenvalue weighted by atomic mass is 35.5. The minimum atomic E-state index is -0.375. The molecule has 35 heavy (non-hydrogen) atoms. The quantitative estimate of drug-likeness (QED) is 0.234. The summed E-state index contributed by atoms with van der Waals surface area (Å²) in [6.45, 7) is 1.99. The van der Waals surface area contributed by atoms with Gasteiger partial charge < -0.3 is 14.2 Å². The lowest BCUT2D eigenvalue weighted by atomic mass is 10.2. The zero-order valence-electron chi connectivity index (χ0n) is 18.3. The van der Waals surface area contributed by atoms with E-state index in [2.05, 4.69) is 10.3 Å². The van der Waals surface area contributed by atoms with Gasteiger partial charge in [0.05, 0.1) is 15.7 Å². The maximum Gasteiger partial charge on any atom is 0.248 e. The molecule has 0 aliphatic heterocycles. The van der Waals surface area contributed by atoms with E-state index in [1.54, 1.807) is 54.6 Å². The maximum atomic E-state index is 12.6. The van der Waals surface area contributed by atoms with E-state index in [9.17, 15) is 4.79 Å². The summed E-state index contributed by atoms with van der Waals surface area (Å²) >= 11 is 18.5. The molecule has 0 fully saturated rings. The van der Waals surface area contributed by atoms with Crippen molar-refractivity contribution in [3.05, 3.63) is 99.2 Å². The SMILES string of the molecule is Cc1ccc2nc(-c3ccc(Cl)c(NC(=O)/C=C/c4ccc(-c5ccc(Cl)cc5Cl)o4)c3)oc2c1. The number of hydrogen-bond acceptors (Lipinski definition) is 4. The lowest BCUT2D eigenvalue weighted by Gasteiger charge is -2.06. The topological polar surface area (TPSA) is 68.3 Å². The van der Waals surface area contributed by atoms with Crippen LogP contribution in [0.1, 0.15) is 11.3 Å². The zero-order valence-corrected chi connectivity index (χ0v) is 20.6. The summed E-state index contributed by atoms with van der Waals surface area (Å²) in [7, 11) is 0. The summed E-state index contributed by atoms with van der Waals surface area (Å²) in [5.74, 6) is 1.12. The molecule has 3 aromatic carbocycles. The molecule has 2 heterocycles. The number of furan rings is 1. The standard InChI is InChI=1S/C27H17Cl3N2O3/c1-15-2-9-22-25(12-15)35-27(32-22)16-3-8-20(29)23(13-16)31-26(33)11-6-18-5-10-24(34-18)19-7-4-17(28)14-21(19)30/h2-14H,1H3,(H,31,33)/b11-6+. The van der Waals surface area contributed by atoms with Gasteiger partial charge in [0.2, 0.25) is 11.8 Å². The molecule has 174 valence electrons. The molecule has 5 aromatic rings. The molecule has 2 aromatic heterocycles. The molecule has 5 nitrogen and oxygen atoms in total. The highest BCUT2D eigenvalue weighted by Gasteiger charge is 2.12. The number of nitrogens with zero attached hydrogens (tertiary/aromatic N) is 1. The predicted octanol–water partition coefficient (Wildman–Crippen LogP) is 8.68. The first kappa shape index (κ1) is 23.2. The average molecular weight is 524 g/mol. The van der Waals surface area contributed by atoms with Crippen LogP contribution in [0, 0.1) is 6.92 Å². The van der Waals surface area contributed by atoms with Gasteiger partial charge >= 0.3 is 0 Å². The molecular weight excluding hydrogens is 507 g/mol.